The number of nitrogens with two attached hydrogens (primary N) is 2. The maximum Gasteiger partial charge on any atom is 0.243 e. The fourth-order valence-electron chi connectivity index (χ4n) is 1.80. The first-order valence-corrected chi connectivity index (χ1v) is 7.20. The molecule has 5 N–H and O–H groups in total. The number of hydrogen-bond donors (Lipinski definition) is 3. The summed E-state index contributed by atoms with van der Waals surface area (Å²) in [5.74, 6) is -0.579. The van der Waals surface area contributed by atoms with Crippen molar-refractivity contribution >= 4 is 21.6 Å². The van der Waals surface area contributed by atoms with Gasteiger partial charge in [-0.1, -0.05) is 6.07 Å². The maximum atomic E-state index is 12.2. The standard InChI is InChI=1S/C12H19N3O3S/c1-8-4-5-10(9(13)6-8)19(17,18)15-12(2,3)7-11(14)16/h4-6,15H,7,13H2,1-3H3,(H2,14,16). The van der Waals surface area contributed by atoms with Crippen LogP contribution in [0.4, 0.5) is 5.69 Å². The molecule has 106 valence electrons. The number of nitrogens with one attached hydrogen (secondary N) is 1. The lowest BCUT2D eigenvalue weighted by atomic mass is 10.0. The summed E-state index contributed by atoms with van der Waals surface area (Å²) in [5, 5.41) is 0. The minimum atomic E-state index is -3.79. The summed E-state index contributed by atoms with van der Waals surface area (Å²) in [7, 11) is -3.79. The van der Waals surface area contributed by atoms with E-state index in [1.165, 1.54) is 6.07 Å². The number of carbonyl (C=O) groups is 1. The third-order valence-corrected chi connectivity index (χ3v) is 4.25. The molecule has 0 atom stereocenters. The molecule has 0 saturated heterocycles. The normalized spacial score (nSPS) is 12.4. The number of amides is 1. The maximum absolute atomic E-state index is 12.2. The lowest BCUT2D eigenvalue weighted by Gasteiger charge is -2.24. The van der Waals surface area contributed by atoms with Crippen molar-refractivity contribution in [2.24, 2.45) is 5.73 Å². The van der Waals surface area contributed by atoms with Crippen LogP contribution in [0.5, 0.6) is 0 Å². The van der Waals surface area contributed by atoms with Crippen molar-refractivity contribution < 1.29 is 13.2 Å². The van der Waals surface area contributed by atoms with E-state index in [0.717, 1.165) is 5.56 Å². The molecule has 19 heavy (non-hydrogen) atoms. The van der Waals surface area contributed by atoms with Gasteiger partial charge in [0, 0.05) is 12.0 Å². The fraction of sp³-hybridized carbons (Fsp3) is 0.417. The van der Waals surface area contributed by atoms with Crippen molar-refractivity contribution in [1.29, 1.82) is 0 Å². The molecule has 1 amide bonds. The molecule has 0 fully saturated rings. The van der Waals surface area contributed by atoms with Crippen LogP contribution in [0.2, 0.25) is 0 Å². The second kappa shape index (κ2) is 5.18. The molecule has 1 aromatic rings. The molecular weight excluding hydrogens is 266 g/mol. The van der Waals surface area contributed by atoms with E-state index in [4.69, 9.17) is 11.5 Å². The zero-order chi connectivity index (χ0) is 14.8. The number of benzene rings is 1. The summed E-state index contributed by atoms with van der Waals surface area (Å²) in [6.45, 7) is 4.98. The Morgan fingerprint density at radius 2 is 1.95 bits per heavy atom. The minimum Gasteiger partial charge on any atom is -0.398 e. The molecule has 0 aromatic heterocycles. The topological polar surface area (TPSA) is 115 Å². The van der Waals surface area contributed by atoms with Gasteiger partial charge in [-0.25, -0.2) is 13.1 Å². The van der Waals surface area contributed by atoms with Crippen LogP contribution in [0.3, 0.4) is 0 Å². The minimum absolute atomic E-state index is 0.00403. The molecule has 0 saturated carbocycles. The van der Waals surface area contributed by atoms with Crippen molar-refractivity contribution in [2.45, 2.75) is 37.6 Å². The highest BCUT2D eigenvalue weighted by Gasteiger charge is 2.28. The summed E-state index contributed by atoms with van der Waals surface area (Å²) < 4.78 is 26.9. The summed E-state index contributed by atoms with van der Waals surface area (Å²) in [6.07, 6.45) is -0.0992. The quantitative estimate of drug-likeness (QED) is 0.683. The Balaban J connectivity index is 3.08. The molecule has 0 radical (unpaired) electrons. The van der Waals surface area contributed by atoms with Gasteiger partial charge in [-0.2, -0.15) is 0 Å². The van der Waals surface area contributed by atoms with Crippen LogP contribution in [0.25, 0.3) is 0 Å². The van der Waals surface area contributed by atoms with Gasteiger partial charge in [-0.3, -0.25) is 4.79 Å². The number of carbonyl (C=O) groups excluding carboxylic acids is 1. The van der Waals surface area contributed by atoms with E-state index < -0.39 is 21.5 Å². The first-order chi connectivity index (χ1) is 8.53. The van der Waals surface area contributed by atoms with E-state index in [1.807, 2.05) is 6.92 Å². The Bertz CT molecular complexity index is 594. The molecule has 1 rings (SSSR count). The van der Waals surface area contributed by atoms with Crippen LogP contribution in [-0.4, -0.2) is 19.9 Å². The molecule has 6 nitrogen and oxygen atoms in total. The summed E-state index contributed by atoms with van der Waals surface area (Å²) in [5.41, 5.74) is 10.9. The number of sulfonamides is 1. The van der Waals surface area contributed by atoms with Gasteiger partial charge in [0.05, 0.1) is 5.69 Å². The Hall–Kier alpha value is -1.60. The van der Waals surface area contributed by atoms with Crippen LogP contribution in [0.15, 0.2) is 23.1 Å². The number of aryl methyl sites for hydroxylation is 1. The Morgan fingerprint density at radius 1 is 1.37 bits per heavy atom. The second-order valence-corrected chi connectivity index (χ2v) is 6.82. The Kier molecular flexibility index (Phi) is 4.21. The van der Waals surface area contributed by atoms with E-state index in [-0.39, 0.29) is 17.0 Å². The van der Waals surface area contributed by atoms with Crippen LogP contribution in [0.1, 0.15) is 25.8 Å². The SMILES string of the molecule is Cc1ccc(S(=O)(=O)NC(C)(C)CC(N)=O)c(N)c1. The van der Waals surface area contributed by atoms with Gasteiger partial charge >= 0.3 is 0 Å². The molecule has 0 aliphatic rings. The Morgan fingerprint density at radius 3 is 2.42 bits per heavy atom. The number of rotatable bonds is 5. The van der Waals surface area contributed by atoms with Crippen LogP contribution in [-0.2, 0) is 14.8 Å². The monoisotopic (exact) mass is 285 g/mol. The number of primary amides is 1. The first-order valence-electron chi connectivity index (χ1n) is 5.72. The van der Waals surface area contributed by atoms with E-state index in [9.17, 15) is 13.2 Å². The van der Waals surface area contributed by atoms with Crippen molar-refractivity contribution in [1.82, 2.24) is 4.72 Å². The second-order valence-electron chi connectivity index (χ2n) is 5.17. The molecule has 0 aliphatic carbocycles. The lowest BCUT2D eigenvalue weighted by molar-refractivity contribution is -0.119. The van der Waals surface area contributed by atoms with Crippen molar-refractivity contribution in [3.63, 3.8) is 0 Å². The molecule has 0 unspecified atom stereocenters. The van der Waals surface area contributed by atoms with E-state index in [2.05, 4.69) is 4.72 Å². The third kappa shape index (κ3) is 4.22. The summed E-state index contributed by atoms with van der Waals surface area (Å²) >= 11 is 0. The fourth-order valence-corrected chi connectivity index (χ4v) is 3.33. The predicted octanol–water partition coefficient (Wildman–Crippen LogP) is 0.510. The zero-order valence-electron chi connectivity index (χ0n) is 11.2. The van der Waals surface area contributed by atoms with Crippen LogP contribution < -0.4 is 16.2 Å². The van der Waals surface area contributed by atoms with Gasteiger partial charge in [-0.15, -0.1) is 0 Å². The van der Waals surface area contributed by atoms with Gasteiger partial charge in [0.15, 0.2) is 0 Å². The molecule has 0 spiro atoms. The summed E-state index contributed by atoms with van der Waals surface area (Å²) in [4.78, 5) is 10.9. The smallest absolute Gasteiger partial charge is 0.243 e. The van der Waals surface area contributed by atoms with Crippen molar-refractivity contribution in [3.05, 3.63) is 23.8 Å². The average molecular weight is 285 g/mol. The molecule has 0 bridgehead atoms. The molecule has 1 aromatic carbocycles. The van der Waals surface area contributed by atoms with Crippen LogP contribution >= 0.6 is 0 Å². The number of anilines is 1. The molecule has 7 heteroatoms. The summed E-state index contributed by atoms with van der Waals surface area (Å²) in [6, 6.07) is 4.68. The van der Waals surface area contributed by atoms with E-state index >= 15 is 0 Å². The highest BCUT2D eigenvalue weighted by molar-refractivity contribution is 7.89. The lowest BCUT2D eigenvalue weighted by Crippen LogP contribution is -2.46. The van der Waals surface area contributed by atoms with Crippen LogP contribution in [0, 0.1) is 6.92 Å². The van der Waals surface area contributed by atoms with Crippen molar-refractivity contribution in [2.75, 3.05) is 5.73 Å². The third-order valence-electron chi connectivity index (χ3n) is 2.48. The van der Waals surface area contributed by atoms with Gasteiger partial charge in [-0.05, 0) is 38.5 Å². The zero-order valence-corrected chi connectivity index (χ0v) is 12.0. The molecule has 0 aliphatic heterocycles. The highest BCUT2D eigenvalue weighted by Crippen LogP contribution is 2.22. The Labute approximate surface area is 113 Å². The highest BCUT2D eigenvalue weighted by atomic mass is 32.2. The van der Waals surface area contributed by atoms with Gasteiger partial charge in [0.2, 0.25) is 15.9 Å². The molecular formula is C12H19N3O3S. The van der Waals surface area contributed by atoms with Gasteiger partial charge in [0.25, 0.3) is 0 Å². The van der Waals surface area contributed by atoms with Crippen molar-refractivity contribution in [3.8, 4) is 0 Å². The molecule has 0 heterocycles. The number of hydrogen-bond acceptors (Lipinski definition) is 4. The van der Waals surface area contributed by atoms with E-state index in [0.29, 0.717) is 0 Å². The van der Waals surface area contributed by atoms with E-state index in [1.54, 1.807) is 26.0 Å². The first kappa shape index (κ1) is 15.5. The largest absolute Gasteiger partial charge is 0.398 e. The van der Waals surface area contributed by atoms with Gasteiger partial charge < -0.3 is 11.5 Å². The van der Waals surface area contributed by atoms with Gasteiger partial charge in [0.1, 0.15) is 4.90 Å². The predicted molar refractivity (Wildman–Crippen MR) is 73.8 cm³/mol. The average Bonchev–Trinajstić information content (AvgIpc) is 2.11. The number of nitrogen functional groups attached to an aromatic ring is 1.